The van der Waals surface area contributed by atoms with Crippen molar-refractivity contribution >= 4 is 17.7 Å². The molecule has 0 saturated carbocycles. The number of allylic oxidation sites excluding steroid dienone is 3. The van der Waals surface area contributed by atoms with Crippen LogP contribution in [0.1, 0.15) is 41.3 Å². The Morgan fingerprint density at radius 1 is 1.22 bits per heavy atom. The minimum Gasteiger partial charge on any atom is -0.507 e. The number of ketones is 1. The van der Waals surface area contributed by atoms with Gasteiger partial charge in [0.1, 0.15) is 11.5 Å². The van der Waals surface area contributed by atoms with Crippen molar-refractivity contribution in [2.24, 2.45) is 5.92 Å². The van der Waals surface area contributed by atoms with Gasteiger partial charge < -0.3 is 20.1 Å². The third-order valence-electron chi connectivity index (χ3n) is 4.48. The zero-order chi connectivity index (χ0) is 20.1. The molecule has 27 heavy (non-hydrogen) atoms. The third kappa shape index (κ3) is 4.36. The lowest BCUT2D eigenvalue weighted by Crippen LogP contribution is -2.23. The van der Waals surface area contributed by atoms with Gasteiger partial charge in [0.2, 0.25) is 0 Å². The maximum absolute atomic E-state index is 12.9. The minimum absolute atomic E-state index is 0.00565. The van der Waals surface area contributed by atoms with E-state index in [1.807, 2.05) is 0 Å². The van der Waals surface area contributed by atoms with Crippen molar-refractivity contribution in [2.45, 2.75) is 33.1 Å². The van der Waals surface area contributed by atoms with Crippen LogP contribution in [0.4, 0.5) is 0 Å². The number of carboxylic acids is 1. The van der Waals surface area contributed by atoms with Crippen LogP contribution in [-0.2, 0) is 20.7 Å². The minimum atomic E-state index is -1.20. The molecule has 7 heteroatoms. The second-order valence-electron chi connectivity index (χ2n) is 6.22. The number of benzene rings is 1. The fourth-order valence-electron chi connectivity index (χ4n) is 3.00. The van der Waals surface area contributed by atoms with Gasteiger partial charge in [0.15, 0.2) is 5.78 Å². The molecule has 0 bridgehead atoms. The Morgan fingerprint density at radius 2 is 1.93 bits per heavy atom. The Bertz CT molecular complexity index is 833. The van der Waals surface area contributed by atoms with Crippen LogP contribution < -0.4 is 0 Å². The lowest BCUT2D eigenvalue weighted by atomic mass is 9.83. The zero-order valence-corrected chi connectivity index (χ0v) is 15.2. The monoisotopic (exact) mass is 374 g/mol. The number of carbonyl (C=O) groups is 3. The standard InChI is InChI=1S/C20H22O7/c1-3-27-16(21)9-8-12-10-15(18(23)11(2)17(12)22)19(24)13-6-4-5-7-14(13)20(25)26/h4-5,7,10,13,22-23H,3,6,8-9H2,1-2H3,(H,25,26). The fraction of sp³-hybridized carbons (Fsp3) is 0.350. The van der Waals surface area contributed by atoms with Crippen LogP contribution >= 0.6 is 0 Å². The van der Waals surface area contributed by atoms with E-state index in [2.05, 4.69) is 0 Å². The first-order chi connectivity index (χ1) is 12.8. The van der Waals surface area contributed by atoms with E-state index in [4.69, 9.17) is 4.74 Å². The molecule has 0 fully saturated rings. The summed E-state index contributed by atoms with van der Waals surface area (Å²) >= 11 is 0. The molecule has 7 nitrogen and oxygen atoms in total. The largest absolute Gasteiger partial charge is 0.507 e. The molecular weight excluding hydrogens is 352 g/mol. The molecule has 0 saturated heterocycles. The SMILES string of the molecule is CCOC(=O)CCc1cc(C(=O)C2CC=CC=C2C(=O)O)c(O)c(C)c1O. The number of aliphatic carboxylic acids is 1. The summed E-state index contributed by atoms with van der Waals surface area (Å²) in [7, 11) is 0. The molecule has 0 heterocycles. The number of phenolic OH excluding ortho intramolecular Hbond substituents is 2. The predicted molar refractivity (Wildman–Crippen MR) is 96.8 cm³/mol. The van der Waals surface area contributed by atoms with Crippen molar-refractivity contribution in [3.05, 3.63) is 46.6 Å². The highest BCUT2D eigenvalue weighted by molar-refractivity contribution is 6.07. The number of Topliss-reactive ketones (excluding diaryl/α,β-unsaturated/α-hetero) is 1. The Morgan fingerprint density at radius 3 is 2.56 bits per heavy atom. The molecule has 1 unspecified atom stereocenters. The van der Waals surface area contributed by atoms with Gasteiger partial charge in [0, 0.05) is 17.6 Å². The van der Waals surface area contributed by atoms with Gasteiger partial charge in [-0.25, -0.2) is 4.79 Å². The van der Waals surface area contributed by atoms with Gasteiger partial charge in [-0.15, -0.1) is 0 Å². The first kappa shape index (κ1) is 20.2. The molecule has 0 radical (unpaired) electrons. The molecule has 3 N–H and O–H groups in total. The van der Waals surface area contributed by atoms with Crippen molar-refractivity contribution in [3.63, 3.8) is 0 Å². The molecule has 0 amide bonds. The van der Waals surface area contributed by atoms with Crippen LogP contribution in [0.15, 0.2) is 29.9 Å². The van der Waals surface area contributed by atoms with Crippen molar-refractivity contribution in [1.82, 2.24) is 0 Å². The molecule has 1 atom stereocenters. The maximum atomic E-state index is 12.9. The van der Waals surface area contributed by atoms with E-state index in [1.54, 1.807) is 19.1 Å². The van der Waals surface area contributed by atoms with Crippen LogP contribution in [0.3, 0.4) is 0 Å². The number of phenols is 2. The number of esters is 1. The summed E-state index contributed by atoms with van der Waals surface area (Å²) in [6.45, 7) is 3.37. The molecule has 2 rings (SSSR count). The van der Waals surface area contributed by atoms with Crippen molar-refractivity contribution in [3.8, 4) is 11.5 Å². The second kappa shape index (κ2) is 8.53. The third-order valence-corrected chi connectivity index (χ3v) is 4.48. The first-order valence-electron chi connectivity index (χ1n) is 8.62. The Kier molecular flexibility index (Phi) is 6.39. The molecule has 1 aromatic rings. The average molecular weight is 374 g/mol. The van der Waals surface area contributed by atoms with Gasteiger partial charge in [-0.2, -0.15) is 0 Å². The molecule has 144 valence electrons. The zero-order valence-electron chi connectivity index (χ0n) is 15.2. The van der Waals surface area contributed by atoms with E-state index in [0.29, 0.717) is 5.56 Å². The fourth-order valence-corrected chi connectivity index (χ4v) is 3.00. The van der Waals surface area contributed by atoms with Gasteiger partial charge in [-0.05, 0) is 38.3 Å². The molecule has 1 aliphatic carbocycles. The average Bonchev–Trinajstić information content (AvgIpc) is 2.65. The van der Waals surface area contributed by atoms with Crippen LogP contribution in [0.25, 0.3) is 0 Å². The van der Waals surface area contributed by atoms with Crippen molar-refractivity contribution in [2.75, 3.05) is 6.61 Å². The highest BCUT2D eigenvalue weighted by atomic mass is 16.5. The van der Waals surface area contributed by atoms with Gasteiger partial charge in [0.25, 0.3) is 0 Å². The topological polar surface area (TPSA) is 121 Å². The van der Waals surface area contributed by atoms with Gasteiger partial charge in [-0.3, -0.25) is 9.59 Å². The molecule has 0 aromatic heterocycles. The quantitative estimate of drug-likeness (QED) is 0.495. The van der Waals surface area contributed by atoms with Crippen molar-refractivity contribution < 1.29 is 34.4 Å². The number of rotatable bonds is 7. The highest BCUT2D eigenvalue weighted by Gasteiger charge is 2.31. The summed E-state index contributed by atoms with van der Waals surface area (Å²) < 4.78 is 4.85. The summed E-state index contributed by atoms with van der Waals surface area (Å²) in [5.41, 5.74) is 0.290. The number of ether oxygens (including phenoxy) is 1. The number of hydrogen-bond donors (Lipinski definition) is 3. The number of aryl methyl sites for hydroxylation is 1. The summed E-state index contributed by atoms with van der Waals surface area (Å²) in [6.07, 6.45) is 4.94. The summed E-state index contributed by atoms with van der Waals surface area (Å²) in [5.74, 6) is -3.71. The Balaban J connectivity index is 2.37. The van der Waals surface area contributed by atoms with E-state index in [1.165, 1.54) is 19.1 Å². The molecule has 1 aliphatic rings. The highest BCUT2D eigenvalue weighted by Crippen LogP contribution is 2.37. The number of hydrogen-bond acceptors (Lipinski definition) is 6. The van der Waals surface area contributed by atoms with E-state index >= 15 is 0 Å². The van der Waals surface area contributed by atoms with Crippen LogP contribution in [0.2, 0.25) is 0 Å². The first-order valence-corrected chi connectivity index (χ1v) is 8.62. The summed E-state index contributed by atoms with van der Waals surface area (Å²) in [6, 6.07) is 1.32. The van der Waals surface area contributed by atoms with Crippen molar-refractivity contribution in [1.29, 1.82) is 0 Å². The summed E-state index contributed by atoms with van der Waals surface area (Å²) in [4.78, 5) is 35.9. The molecule has 0 aliphatic heterocycles. The molecule has 1 aromatic carbocycles. The van der Waals surface area contributed by atoms with Gasteiger partial charge >= 0.3 is 11.9 Å². The van der Waals surface area contributed by atoms with E-state index in [9.17, 15) is 29.7 Å². The van der Waals surface area contributed by atoms with Gasteiger partial charge in [0.05, 0.1) is 18.1 Å². The van der Waals surface area contributed by atoms with Gasteiger partial charge in [-0.1, -0.05) is 18.2 Å². The maximum Gasteiger partial charge on any atom is 0.332 e. The number of carbonyl (C=O) groups excluding carboxylic acids is 2. The van der Waals surface area contributed by atoms with Crippen LogP contribution in [-0.4, -0.2) is 39.6 Å². The summed E-state index contributed by atoms with van der Waals surface area (Å²) in [5, 5.41) is 29.9. The predicted octanol–water partition coefficient (Wildman–Crippen LogP) is 2.67. The van der Waals surface area contributed by atoms with E-state index in [-0.39, 0.29) is 48.3 Å². The smallest absolute Gasteiger partial charge is 0.332 e. The van der Waals surface area contributed by atoms with Crippen LogP contribution in [0, 0.1) is 12.8 Å². The molecular formula is C20H22O7. The van der Waals surface area contributed by atoms with Crippen LogP contribution in [0.5, 0.6) is 11.5 Å². The lowest BCUT2D eigenvalue weighted by Gasteiger charge is -2.20. The normalized spacial score (nSPS) is 15.9. The lowest BCUT2D eigenvalue weighted by molar-refractivity contribution is -0.143. The Labute approximate surface area is 156 Å². The van der Waals surface area contributed by atoms with E-state index < -0.39 is 29.4 Å². The van der Waals surface area contributed by atoms with E-state index in [0.717, 1.165) is 0 Å². The number of carboxylic acid groups (broad SMARTS) is 1. The molecule has 0 spiro atoms. The number of aromatic hydroxyl groups is 2. The Hall–Kier alpha value is -3.09. The second-order valence-corrected chi connectivity index (χ2v) is 6.22.